The van der Waals surface area contributed by atoms with Gasteiger partial charge in [0.05, 0.1) is 11.4 Å². The van der Waals surface area contributed by atoms with Gasteiger partial charge in [-0.05, 0) is 43.4 Å². The normalized spacial score (nSPS) is 13.3. The van der Waals surface area contributed by atoms with Crippen molar-refractivity contribution in [1.82, 2.24) is 4.57 Å². The van der Waals surface area contributed by atoms with E-state index in [-0.39, 0.29) is 12.5 Å². The third kappa shape index (κ3) is 5.10. The van der Waals surface area contributed by atoms with Crippen LogP contribution in [-0.4, -0.2) is 34.3 Å². The molecular weight excluding hydrogens is 354 g/mol. The number of hydrogen-bond donors (Lipinski definition) is 1. The molecule has 5 nitrogen and oxygen atoms in total. The van der Waals surface area contributed by atoms with Crippen LogP contribution in [0, 0.1) is 5.92 Å². The third-order valence-electron chi connectivity index (χ3n) is 5.05. The summed E-state index contributed by atoms with van der Waals surface area (Å²) in [4.78, 5) is 24.9. The van der Waals surface area contributed by atoms with Crippen molar-refractivity contribution in [2.75, 3.05) is 6.61 Å². The Bertz CT molecular complexity index is 836. The van der Waals surface area contributed by atoms with Gasteiger partial charge < -0.3 is 9.84 Å². The highest BCUT2D eigenvalue weighted by Crippen LogP contribution is 2.27. The molecule has 1 heterocycles. The third-order valence-corrected chi connectivity index (χ3v) is 5.05. The van der Waals surface area contributed by atoms with Crippen LogP contribution in [0.25, 0.3) is 10.9 Å². The van der Waals surface area contributed by atoms with E-state index in [2.05, 4.69) is 13.5 Å². The van der Waals surface area contributed by atoms with Crippen molar-refractivity contribution in [3.63, 3.8) is 0 Å². The van der Waals surface area contributed by atoms with Crippen molar-refractivity contribution in [2.24, 2.45) is 5.92 Å². The molecule has 0 aliphatic carbocycles. The highest BCUT2D eigenvalue weighted by atomic mass is 16.5. The molecule has 0 unspecified atom stereocenters. The van der Waals surface area contributed by atoms with Crippen molar-refractivity contribution in [3.8, 4) is 0 Å². The lowest BCUT2D eigenvalue weighted by Crippen LogP contribution is -2.34. The first kappa shape index (κ1) is 21.9. The van der Waals surface area contributed by atoms with E-state index >= 15 is 0 Å². The molecule has 0 spiro atoms. The van der Waals surface area contributed by atoms with Gasteiger partial charge in [-0.15, -0.1) is 0 Å². The van der Waals surface area contributed by atoms with Gasteiger partial charge >= 0.3 is 5.97 Å². The maximum Gasteiger partial charge on any atom is 0.303 e. The number of hydrogen-bond acceptors (Lipinski definition) is 4. The van der Waals surface area contributed by atoms with Gasteiger partial charge in [0, 0.05) is 25.1 Å². The van der Waals surface area contributed by atoms with E-state index in [0.717, 1.165) is 47.7 Å². The summed E-state index contributed by atoms with van der Waals surface area (Å²) < 4.78 is 7.11. The summed E-state index contributed by atoms with van der Waals surface area (Å²) in [6.45, 7) is 9.38. The first-order valence-corrected chi connectivity index (χ1v) is 9.99. The molecule has 2 atom stereocenters. The fourth-order valence-corrected chi connectivity index (χ4v) is 3.56. The number of unbranched alkanes of at least 4 members (excludes halogenated alkanes) is 2. The number of benzene rings is 1. The zero-order valence-corrected chi connectivity index (χ0v) is 17.1. The minimum absolute atomic E-state index is 0.0159. The van der Waals surface area contributed by atoms with Gasteiger partial charge in [-0.25, -0.2) is 0 Å². The number of fused-ring (bicyclic) bond motifs is 1. The predicted octanol–water partition coefficient (Wildman–Crippen LogP) is 4.52. The summed E-state index contributed by atoms with van der Waals surface area (Å²) in [5, 5.41) is 10.3. The van der Waals surface area contributed by atoms with E-state index in [1.54, 1.807) is 17.7 Å². The number of aliphatic hydroxyl groups is 1. The second-order valence-electron chi connectivity index (χ2n) is 7.29. The van der Waals surface area contributed by atoms with E-state index in [1.165, 1.54) is 6.92 Å². The molecule has 0 bridgehead atoms. The monoisotopic (exact) mass is 385 g/mol. The van der Waals surface area contributed by atoms with Crippen LogP contribution in [0.2, 0.25) is 0 Å². The number of esters is 1. The van der Waals surface area contributed by atoms with Crippen LogP contribution in [0.3, 0.4) is 0 Å². The molecular formula is C23H31NO4. The summed E-state index contributed by atoms with van der Waals surface area (Å²) in [7, 11) is 0. The summed E-state index contributed by atoms with van der Waals surface area (Å²) in [5.74, 6) is -1.13. The summed E-state index contributed by atoms with van der Waals surface area (Å²) in [6.07, 6.45) is 5.46. The zero-order valence-electron chi connectivity index (χ0n) is 17.1. The van der Waals surface area contributed by atoms with Crippen LogP contribution in [0.4, 0.5) is 0 Å². The Labute approximate surface area is 167 Å². The number of rotatable bonds is 10. The fraction of sp³-hybridized carbons (Fsp3) is 0.478. The average Bonchev–Trinajstić information content (AvgIpc) is 3.04. The summed E-state index contributed by atoms with van der Waals surface area (Å²) in [5.41, 5.74) is 2.49. The van der Waals surface area contributed by atoms with Crippen molar-refractivity contribution in [2.45, 2.75) is 59.0 Å². The van der Waals surface area contributed by atoms with Gasteiger partial charge in [0.15, 0.2) is 0 Å². The Morgan fingerprint density at radius 1 is 1.25 bits per heavy atom. The average molecular weight is 386 g/mol. The quantitative estimate of drug-likeness (QED) is 0.371. The van der Waals surface area contributed by atoms with Crippen molar-refractivity contribution < 1.29 is 19.4 Å². The molecule has 0 radical (unpaired) electrons. The highest BCUT2D eigenvalue weighted by molar-refractivity contribution is 5.95. The minimum Gasteiger partial charge on any atom is -0.457 e. The van der Waals surface area contributed by atoms with Crippen LogP contribution in [0.5, 0.6) is 0 Å². The molecule has 5 heteroatoms. The van der Waals surface area contributed by atoms with Crippen LogP contribution < -0.4 is 0 Å². The lowest BCUT2D eigenvalue weighted by Gasteiger charge is -2.25. The lowest BCUT2D eigenvalue weighted by molar-refractivity contribution is -0.146. The van der Waals surface area contributed by atoms with E-state index < -0.39 is 18.0 Å². The minimum atomic E-state index is -0.649. The second kappa shape index (κ2) is 10.2. The first-order chi connectivity index (χ1) is 13.4. The second-order valence-corrected chi connectivity index (χ2v) is 7.29. The van der Waals surface area contributed by atoms with E-state index in [4.69, 9.17) is 4.74 Å². The van der Waals surface area contributed by atoms with Crippen LogP contribution in [0.1, 0.15) is 56.8 Å². The van der Waals surface area contributed by atoms with Crippen LogP contribution >= 0.6 is 0 Å². The van der Waals surface area contributed by atoms with Gasteiger partial charge in [0.2, 0.25) is 5.91 Å². The number of carbonyl (C=O) groups is 2. The molecule has 0 saturated carbocycles. The van der Waals surface area contributed by atoms with Crippen LogP contribution in [-0.2, 0) is 16.0 Å². The SMILES string of the molecule is C=C(CCCCC)[C@@H](OC(C)=O)[C@H](C)C(=O)n1cc(CCO)c2ccccc21. The molecule has 1 N–H and O–H groups in total. The van der Waals surface area contributed by atoms with Gasteiger partial charge in [0.25, 0.3) is 0 Å². The number of para-hydroxylation sites is 1. The number of carbonyl (C=O) groups excluding carboxylic acids is 2. The Morgan fingerprint density at radius 2 is 1.96 bits per heavy atom. The van der Waals surface area contributed by atoms with Crippen molar-refractivity contribution >= 4 is 22.8 Å². The van der Waals surface area contributed by atoms with Gasteiger partial charge in [-0.1, -0.05) is 44.5 Å². The summed E-state index contributed by atoms with van der Waals surface area (Å²) >= 11 is 0. The Balaban J connectivity index is 2.32. The van der Waals surface area contributed by atoms with Gasteiger partial charge in [-0.2, -0.15) is 0 Å². The lowest BCUT2D eigenvalue weighted by atomic mass is 9.93. The molecule has 1 aromatic heterocycles. The highest BCUT2D eigenvalue weighted by Gasteiger charge is 2.30. The molecule has 0 fully saturated rings. The van der Waals surface area contributed by atoms with Gasteiger partial charge in [0.1, 0.15) is 6.10 Å². The maximum atomic E-state index is 13.3. The number of aromatic nitrogens is 1. The van der Waals surface area contributed by atoms with E-state index in [0.29, 0.717) is 6.42 Å². The largest absolute Gasteiger partial charge is 0.457 e. The van der Waals surface area contributed by atoms with Crippen molar-refractivity contribution in [3.05, 3.63) is 48.2 Å². The molecule has 2 rings (SSSR count). The molecule has 0 amide bonds. The van der Waals surface area contributed by atoms with E-state index in [1.807, 2.05) is 24.3 Å². The first-order valence-electron chi connectivity index (χ1n) is 9.99. The Kier molecular flexibility index (Phi) is 8.00. The summed E-state index contributed by atoms with van der Waals surface area (Å²) in [6, 6.07) is 7.63. The Hall–Kier alpha value is -2.40. The number of nitrogens with zero attached hydrogens (tertiary/aromatic N) is 1. The molecule has 28 heavy (non-hydrogen) atoms. The van der Waals surface area contributed by atoms with E-state index in [9.17, 15) is 14.7 Å². The molecule has 1 aromatic carbocycles. The smallest absolute Gasteiger partial charge is 0.303 e. The maximum absolute atomic E-state index is 13.3. The van der Waals surface area contributed by atoms with Crippen LogP contribution in [0.15, 0.2) is 42.6 Å². The number of aliphatic hydroxyl groups excluding tert-OH is 1. The van der Waals surface area contributed by atoms with Gasteiger partial charge in [-0.3, -0.25) is 14.2 Å². The number of ether oxygens (including phenoxy) is 1. The molecule has 2 aromatic rings. The van der Waals surface area contributed by atoms with Crippen molar-refractivity contribution in [1.29, 1.82) is 0 Å². The Morgan fingerprint density at radius 3 is 2.61 bits per heavy atom. The molecule has 0 aliphatic rings. The standard InChI is InChI=1S/C23H31NO4/c1-5-6-7-10-16(2)22(28-18(4)26)17(3)23(27)24-15-19(13-14-25)20-11-8-9-12-21(20)24/h8-9,11-12,15,17,22,25H,2,5-7,10,13-14H2,1,3-4H3/t17-,22+/m0/s1. The zero-order chi connectivity index (χ0) is 20.7. The fourth-order valence-electron chi connectivity index (χ4n) is 3.56. The molecule has 0 aliphatic heterocycles. The molecule has 0 saturated heterocycles. The topological polar surface area (TPSA) is 68.5 Å². The molecule has 152 valence electrons. The predicted molar refractivity (Wildman–Crippen MR) is 111 cm³/mol.